The first kappa shape index (κ1) is 17.5. The van der Waals surface area contributed by atoms with Crippen molar-refractivity contribution in [3.63, 3.8) is 0 Å². The summed E-state index contributed by atoms with van der Waals surface area (Å²) in [7, 11) is 0. The Morgan fingerprint density at radius 1 is 0.615 bits per heavy atom. The van der Waals surface area contributed by atoms with Gasteiger partial charge in [-0.1, -0.05) is 42.5 Å². The molecule has 6 heteroatoms. The first-order valence-corrected chi connectivity index (χ1v) is 10.7. The third kappa shape index (κ3) is 2.44. The number of anilines is 1. The monoisotopic (exact) mass is 388 g/mol. The lowest BCUT2D eigenvalue weighted by atomic mass is 9.85. The minimum atomic E-state index is 1.06. The minimum absolute atomic E-state index is 1.06. The van der Waals surface area contributed by atoms with E-state index in [1.54, 1.807) is 0 Å². The quantitative estimate of drug-likeness (QED) is 0.296. The van der Waals surface area contributed by atoms with Gasteiger partial charge >= 0.3 is 0 Å². The molecule has 0 saturated carbocycles. The molecule has 0 bridgehead atoms. The van der Waals surface area contributed by atoms with Crippen LogP contribution in [0, 0.1) is 0 Å². The second kappa shape index (κ2) is 6.48. The van der Waals surface area contributed by atoms with Crippen LogP contribution in [0.4, 0.5) is 5.69 Å². The molecule has 0 spiro atoms. The molecule has 0 saturated heterocycles. The van der Waals surface area contributed by atoms with E-state index < -0.39 is 0 Å². The molecule has 0 unspecified atom stereocenters. The van der Waals surface area contributed by atoms with Gasteiger partial charge in [-0.3, -0.25) is 0 Å². The molecule has 0 N–H and O–H groups in total. The maximum atomic E-state index is 2.79. The Morgan fingerprint density at radius 2 is 1.31 bits per heavy atom. The molecule has 1 aliphatic rings. The summed E-state index contributed by atoms with van der Waals surface area (Å²) in [6.07, 6.45) is 2.14. The second-order valence-corrected chi connectivity index (χ2v) is 10.2. The lowest BCUT2D eigenvalue weighted by molar-refractivity contribution is 0.867. The predicted molar refractivity (Wildman–Crippen MR) is 113 cm³/mol. The van der Waals surface area contributed by atoms with Crippen molar-refractivity contribution < 1.29 is 0 Å². The van der Waals surface area contributed by atoms with E-state index in [0.29, 0.717) is 0 Å². The Balaban J connectivity index is 2.10. The van der Waals surface area contributed by atoms with E-state index in [4.69, 9.17) is 0 Å². The number of hydrogen-bond donors (Lipinski definition) is 0. The van der Waals surface area contributed by atoms with Crippen molar-refractivity contribution in [1.82, 2.24) is 2.87 Å². The fraction of sp³-hybridized carbons (Fsp3) is 0.100. The van der Waals surface area contributed by atoms with Crippen molar-refractivity contribution in [3.05, 3.63) is 59.3 Å². The van der Waals surface area contributed by atoms with Crippen LogP contribution in [0.3, 0.4) is 0 Å². The Hall–Kier alpha value is -0.610. The number of benzene rings is 4. The maximum Gasteiger partial charge on any atom is 0.277 e. The van der Waals surface area contributed by atoms with Gasteiger partial charge < -0.3 is 5.73 Å². The number of hydrogen-bond acceptors (Lipinski definition) is 2. The van der Waals surface area contributed by atoms with Gasteiger partial charge in [0.15, 0.2) is 0 Å². The van der Waals surface area contributed by atoms with Gasteiger partial charge in [0, 0.05) is 5.39 Å². The summed E-state index contributed by atoms with van der Waals surface area (Å²) >= 11 is 11.1. The molecule has 114 valence electrons. The Kier molecular flexibility index (Phi) is 4.36. The first-order valence-electron chi connectivity index (χ1n) is 8.59. The van der Waals surface area contributed by atoms with Crippen molar-refractivity contribution in [1.29, 1.82) is 0 Å². The van der Waals surface area contributed by atoms with Gasteiger partial charge in [0.2, 0.25) is 0 Å². The molecule has 0 aromatic heterocycles. The standard InChI is InChI=1S/C20H12N2.4Al/c21-17-9-8-14-12-4-2-6-16-18(22)10-7-13(20(12)16)11-3-1-5-15(17)19(11)14;;;;/h1-7,10H,8-9H2;;;;. The summed E-state index contributed by atoms with van der Waals surface area (Å²) in [5, 5.41) is 9.58. The summed E-state index contributed by atoms with van der Waals surface area (Å²) in [6.45, 7) is 0. The highest BCUT2D eigenvalue weighted by Gasteiger charge is 2.19. The van der Waals surface area contributed by atoms with Gasteiger partial charge in [-0.2, -0.15) is 0 Å². The maximum absolute atomic E-state index is 2.79. The normalized spacial score (nSPS) is 13.6. The fourth-order valence-electron chi connectivity index (χ4n) is 4.48. The third-order valence-corrected chi connectivity index (χ3v) is 6.69. The summed E-state index contributed by atoms with van der Waals surface area (Å²) < 4.78 is 4.17. The second-order valence-electron chi connectivity index (χ2n) is 6.83. The summed E-state index contributed by atoms with van der Waals surface area (Å²) in [4.78, 5) is 0. The number of rotatable bonds is 2. The predicted octanol–water partition coefficient (Wildman–Crippen LogP) is 2.36. The molecule has 1 aliphatic carbocycles. The van der Waals surface area contributed by atoms with Crippen LogP contribution in [0.25, 0.3) is 38.0 Å². The molecule has 5 rings (SSSR count). The van der Waals surface area contributed by atoms with Gasteiger partial charge in [0.05, 0.1) is 0 Å². The molecule has 0 aliphatic heterocycles. The summed E-state index contributed by atoms with van der Waals surface area (Å²) in [5.41, 5.74) is 4.07. The van der Waals surface area contributed by atoms with Crippen LogP contribution in [-0.2, 0) is 6.42 Å². The molecule has 2 nitrogen and oxygen atoms in total. The van der Waals surface area contributed by atoms with Crippen molar-refractivity contribution in [2.45, 2.75) is 12.8 Å². The van der Waals surface area contributed by atoms with Crippen LogP contribution in [0.2, 0.25) is 0 Å². The molecule has 8 radical (unpaired) electrons. The molecule has 0 heterocycles. The third-order valence-electron chi connectivity index (χ3n) is 5.51. The SMILES string of the molecule is [Al][N]([Al])C1=c2cccc3c2c(c2cccc4c([N]([Al])[Al])ccc3c42)CC1. The Bertz CT molecular complexity index is 1250. The van der Waals surface area contributed by atoms with E-state index in [0.717, 1.165) is 12.8 Å². The highest BCUT2D eigenvalue weighted by atomic mass is 27.1. The van der Waals surface area contributed by atoms with Crippen molar-refractivity contribution in [3.8, 4) is 0 Å². The lowest BCUT2D eigenvalue weighted by Gasteiger charge is -2.29. The molecule has 0 amide bonds. The molecule has 0 atom stereocenters. The fourth-order valence-corrected chi connectivity index (χ4v) is 5.46. The van der Waals surface area contributed by atoms with Gasteiger partial charge in [-0.05, 0) is 68.0 Å². The number of fused-ring (bicyclic) bond motifs is 2. The Morgan fingerprint density at radius 3 is 2.08 bits per heavy atom. The van der Waals surface area contributed by atoms with Crippen LogP contribution in [0.5, 0.6) is 0 Å². The van der Waals surface area contributed by atoms with Crippen LogP contribution >= 0.6 is 0 Å². The van der Waals surface area contributed by atoms with Gasteiger partial charge in [0.25, 0.3) is 66.0 Å². The average Bonchev–Trinajstić information content (AvgIpc) is 2.64. The van der Waals surface area contributed by atoms with Crippen LogP contribution in [0.15, 0.2) is 48.5 Å². The van der Waals surface area contributed by atoms with Crippen molar-refractivity contribution >= 4 is 110 Å². The van der Waals surface area contributed by atoms with Crippen LogP contribution < -0.4 is 8.09 Å². The van der Waals surface area contributed by atoms with Crippen LogP contribution in [-0.4, -0.2) is 68.9 Å². The highest BCUT2D eigenvalue weighted by molar-refractivity contribution is 6.43. The lowest BCUT2D eigenvalue weighted by Crippen LogP contribution is -2.26. The van der Waals surface area contributed by atoms with E-state index in [2.05, 4.69) is 117 Å². The average molecular weight is 388 g/mol. The molecular formula is C20H12Al4N2. The number of aryl methyl sites for hydroxylation is 1. The molecule has 4 aromatic carbocycles. The summed E-state index contributed by atoms with van der Waals surface area (Å²) in [5.74, 6) is 0. The van der Waals surface area contributed by atoms with Gasteiger partial charge in [-0.25, -0.2) is 0 Å². The van der Waals surface area contributed by atoms with E-state index in [-0.39, 0.29) is 0 Å². The van der Waals surface area contributed by atoms with Gasteiger partial charge in [-0.15, -0.1) is 0 Å². The van der Waals surface area contributed by atoms with Gasteiger partial charge in [0.1, 0.15) is 0 Å². The van der Waals surface area contributed by atoms with E-state index >= 15 is 0 Å². The highest BCUT2D eigenvalue weighted by Crippen LogP contribution is 2.41. The zero-order chi connectivity index (χ0) is 18.0. The molecule has 0 fully saturated rings. The first-order chi connectivity index (χ1) is 12.6. The Labute approximate surface area is 186 Å². The van der Waals surface area contributed by atoms with Crippen molar-refractivity contribution in [2.75, 3.05) is 2.87 Å². The van der Waals surface area contributed by atoms with Crippen LogP contribution in [0.1, 0.15) is 12.0 Å². The topological polar surface area (TPSA) is 6.48 Å². The molecule has 26 heavy (non-hydrogen) atoms. The minimum Gasteiger partial charge on any atom is -0.590 e. The molecular weight excluding hydrogens is 376 g/mol. The van der Waals surface area contributed by atoms with E-state index in [1.165, 1.54) is 54.5 Å². The zero-order valence-corrected chi connectivity index (χ0v) is 18.9. The smallest absolute Gasteiger partial charge is 0.277 e. The molecule has 4 aromatic rings. The number of nitrogens with zero attached hydrogens (tertiary/aromatic N) is 2. The zero-order valence-electron chi connectivity index (χ0n) is 14.2. The largest absolute Gasteiger partial charge is 0.590 e. The van der Waals surface area contributed by atoms with E-state index in [1.807, 2.05) is 2.87 Å². The van der Waals surface area contributed by atoms with E-state index in [9.17, 15) is 0 Å². The van der Waals surface area contributed by atoms with Crippen molar-refractivity contribution in [2.24, 2.45) is 0 Å². The summed E-state index contributed by atoms with van der Waals surface area (Å²) in [6, 6.07) is 18.0.